The standard InChI is InChI=1S/C17H24N4O/c18-12-15-6-4-7-19-17(15)21-10-5-11-22-16(14-21)13-20-8-2-1-3-9-20/h4,6-7,16H,1-3,5,8-11,13-14H2/t16-/m1/s1. The van der Waals surface area contributed by atoms with E-state index in [0.29, 0.717) is 5.56 Å². The smallest absolute Gasteiger partial charge is 0.146 e. The topological polar surface area (TPSA) is 52.4 Å². The van der Waals surface area contributed by atoms with Gasteiger partial charge >= 0.3 is 0 Å². The van der Waals surface area contributed by atoms with Gasteiger partial charge in [0.15, 0.2) is 0 Å². The van der Waals surface area contributed by atoms with E-state index in [2.05, 4.69) is 20.9 Å². The Morgan fingerprint density at radius 3 is 2.91 bits per heavy atom. The summed E-state index contributed by atoms with van der Waals surface area (Å²) in [5.41, 5.74) is 0.654. The van der Waals surface area contributed by atoms with Crippen LogP contribution in [0.15, 0.2) is 18.3 Å². The third-order valence-corrected chi connectivity index (χ3v) is 4.47. The number of hydrogen-bond acceptors (Lipinski definition) is 5. The van der Waals surface area contributed by atoms with E-state index in [9.17, 15) is 5.26 Å². The second-order valence-electron chi connectivity index (χ2n) is 6.14. The molecule has 0 bridgehead atoms. The molecule has 2 aliphatic rings. The molecule has 2 fully saturated rings. The van der Waals surface area contributed by atoms with E-state index in [1.807, 2.05) is 12.1 Å². The summed E-state index contributed by atoms with van der Waals surface area (Å²) in [5.74, 6) is 0.805. The zero-order valence-electron chi connectivity index (χ0n) is 13.1. The van der Waals surface area contributed by atoms with Crippen LogP contribution in [0, 0.1) is 11.3 Å². The van der Waals surface area contributed by atoms with Crippen LogP contribution in [-0.4, -0.2) is 55.3 Å². The predicted octanol–water partition coefficient (Wildman–Crippen LogP) is 2.03. The molecule has 0 N–H and O–H groups in total. The van der Waals surface area contributed by atoms with Crippen LogP contribution < -0.4 is 4.90 Å². The van der Waals surface area contributed by atoms with Gasteiger partial charge in [-0.1, -0.05) is 6.42 Å². The van der Waals surface area contributed by atoms with Crippen molar-refractivity contribution in [3.63, 3.8) is 0 Å². The number of rotatable bonds is 3. The summed E-state index contributed by atoms with van der Waals surface area (Å²) in [6, 6.07) is 5.92. The minimum atomic E-state index is 0.203. The van der Waals surface area contributed by atoms with Gasteiger partial charge in [-0.3, -0.25) is 0 Å². The van der Waals surface area contributed by atoms with Gasteiger partial charge in [-0.05, 0) is 44.5 Å². The molecule has 5 heteroatoms. The third kappa shape index (κ3) is 3.76. The molecule has 0 saturated carbocycles. The number of aromatic nitrogens is 1. The summed E-state index contributed by atoms with van der Waals surface area (Å²) in [6.07, 6.45) is 6.91. The lowest BCUT2D eigenvalue weighted by atomic mass is 10.1. The zero-order chi connectivity index (χ0) is 15.2. The van der Waals surface area contributed by atoms with Gasteiger partial charge in [0.1, 0.15) is 11.9 Å². The highest BCUT2D eigenvalue weighted by atomic mass is 16.5. The Labute approximate surface area is 132 Å². The Morgan fingerprint density at radius 2 is 2.09 bits per heavy atom. The third-order valence-electron chi connectivity index (χ3n) is 4.47. The van der Waals surface area contributed by atoms with Crippen molar-refractivity contribution in [3.8, 4) is 6.07 Å². The first kappa shape index (κ1) is 15.3. The zero-order valence-corrected chi connectivity index (χ0v) is 13.1. The van der Waals surface area contributed by atoms with E-state index < -0.39 is 0 Å². The molecule has 1 aromatic rings. The van der Waals surface area contributed by atoms with E-state index >= 15 is 0 Å². The maximum Gasteiger partial charge on any atom is 0.146 e. The Balaban J connectivity index is 1.68. The van der Waals surface area contributed by atoms with Crippen molar-refractivity contribution in [2.24, 2.45) is 0 Å². The van der Waals surface area contributed by atoms with E-state index in [1.165, 1.54) is 32.4 Å². The fraction of sp³-hybridized carbons (Fsp3) is 0.647. The molecule has 3 rings (SSSR count). The number of nitriles is 1. The molecule has 0 unspecified atom stereocenters. The molecule has 0 aliphatic carbocycles. The number of ether oxygens (including phenoxy) is 1. The average Bonchev–Trinajstić information content (AvgIpc) is 2.81. The van der Waals surface area contributed by atoms with Crippen molar-refractivity contribution in [3.05, 3.63) is 23.9 Å². The molecule has 22 heavy (non-hydrogen) atoms. The first-order chi connectivity index (χ1) is 10.9. The second kappa shape index (κ2) is 7.57. The highest BCUT2D eigenvalue weighted by Crippen LogP contribution is 2.20. The van der Waals surface area contributed by atoms with Crippen molar-refractivity contribution in [1.82, 2.24) is 9.88 Å². The van der Waals surface area contributed by atoms with E-state index in [-0.39, 0.29) is 6.10 Å². The molecule has 5 nitrogen and oxygen atoms in total. The van der Waals surface area contributed by atoms with Gasteiger partial charge < -0.3 is 14.5 Å². The lowest BCUT2D eigenvalue weighted by Gasteiger charge is -2.32. The number of likely N-dealkylation sites (tertiary alicyclic amines) is 1. The van der Waals surface area contributed by atoms with Crippen LogP contribution in [0.5, 0.6) is 0 Å². The van der Waals surface area contributed by atoms with Gasteiger partial charge in [-0.25, -0.2) is 4.98 Å². The normalized spacial score (nSPS) is 23.8. The summed E-state index contributed by atoms with van der Waals surface area (Å²) in [5, 5.41) is 9.29. The van der Waals surface area contributed by atoms with Crippen molar-refractivity contribution in [2.45, 2.75) is 31.8 Å². The van der Waals surface area contributed by atoms with Gasteiger partial charge in [0.05, 0.1) is 11.7 Å². The molecule has 1 aromatic heterocycles. The Bertz CT molecular complexity index is 522. The highest BCUT2D eigenvalue weighted by molar-refractivity contribution is 5.53. The molecule has 2 aliphatic heterocycles. The van der Waals surface area contributed by atoms with Crippen LogP contribution >= 0.6 is 0 Å². The van der Waals surface area contributed by atoms with Gasteiger partial charge in [0, 0.05) is 32.4 Å². The van der Waals surface area contributed by atoms with Gasteiger partial charge in [-0.2, -0.15) is 5.26 Å². The summed E-state index contributed by atoms with van der Waals surface area (Å²) in [7, 11) is 0. The van der Waals surface area contributed by atoms with Gasteiger partial charge in [0.2, 0.25) is 0 Å². The summed E-state index contributed by atoms with van der Waals surface area (Å²) < 4.78 is 6.04. The highest BCUT2D eigenvalue weighted by Gasteiger charge is 2.24. The number of hydrogen-bond donors (Lipinski definition) is 0. The van der Waals surface area contributed by atoms with Crippen LogP contribution in [-0.2, 0) is 4.74 Å². The Hall–Kier alpha value is -1.64. The fourth-order valence-electron chi connectivity index (χ4n) is 3.36. The molecule has 3 heterocycles. The molecule has 0 radical (unpaired) electrons. The fourth-order valence-corrected chi connectivity index (χ4v) is 3.36. The Morgan fingerprint density at radius 1 is 1.23 bits per heavy atom. The van der Waals surface area contributed by atoms with Crippen LogP contribution in [0.1, 0.15) is 31.2 Å². The number of piperidine rings is 1. The summed E-state index contributed by atoms with van der Waals surface area (Å²) >= 11 is 0. The minimum absolute atomic E-state index is 0.203. The number of anilines is 1. The van der Waals surface area contributed by atoms with Crippen LogP contribution in [0.4, 0.5) is 5.82 Å². The summed E-state index contributed by atoms with van der Waals surface area (Å²) in [4.78, 5) is 9.17. The molecule has 118 valence electrons. The minimum Gasteiger partial charge on any atom is -0.375 e. The lowest BCUT2D eigenvalue weighted by Crippen LogP contribution is -2.42. The quantitative estimate of drug-likeness (QED) is 0.855. The van der Waals surface area contributed by atoms with Crippen LogP contribution in [0.3, 0.4) is 0 Å². The molecule has 1 atom stereocenters. The number of nitrogens with zero attached hydrogens (tertiary/aromatic N) is 4. The lowest BCUT2D eigenvalue weighted by molar-refractivity contribution is 0.0350. The van der Waals surface area contributed by atoms with E-state index in [1.54, 1.807) is 6.20 Å². The molecule has 0 aromatic carbocycles. The van der Waals surface area contributed by atoms with Crippen molar-refractivity contribution in [1.29, 1.82) is 5.26 Å². The van der Waals surface area contributed by atoms with E-state index in [0.717, 1.165) is 38.5 Å². The largest absolute Gasteiger partial charge is 0.375 e. The predicted molar refractivity (Wildman–Crippen MR) is 85.8 cm³/mol. The maximum absolute atomic E-state index is 9.29. The molecule has 2 saturated heterocycles. The van der Waals surface area contributed by atoms with Crippen LogP contribution in [0.25, 0.3) is 0 Å². The van der Waals surface area contributed by atoms with E-state index in [4.69, 9.17) is 4.74 Å². The van der Waals surface area contributed by atoms with Crippen molar-refractivity contribution < 1.29 is 4.74 Å². The SMILES string of the molecule is N#Cc1cccnc1N1CCCO[C@H](CN2CCCCC2)C1. The average molecular weight is 300 g/mol. The molecule has 0 amide bonds. The van der Waals surface area contributed by atoms with Gasteiger partial charge in [0.25, 0.3) is 0 Å². The number of pyridine rings is 1. The Kier molecular flexibility index (Phi) is 5.25. The van der Waals surface area contributed by atoms with Crippen LogP contribution in [0.2, 0.25) is 0 Å². The molecular formula is C17H24N4O. The second-order valence-corrected chi connectivity index (χ2v) is 6.14. The van der Waals surface area contributed by atoms with Gasteiger partial charge in [-0.15, -0.1) is 0 Å². The maximum atomic E-state index is 9.29. The van der Waals surface area contributed by atoms with Crippen molar-refractivity contribution in [2.75, 3.05) is 44.2 Å². The van der Waals surface area contributed by atoms with Crippen molar-refractivity contribution >= 4 is 5.82 Å². The molecular weight excluding hydrogens is 276 g/mol. The monoisotopic (exact) mass is 300 g/mol. The summed E-state index contributed by atoms with van der Waals surface area (Å²) in [6.45, 7) is 5.89. The first-order valence-corrected chi connectivity index (χ1v) is 8.31. The molecule has 0 spiro atoms. The first-order valence-electron chi connectivity index (χ1n) is 8.31.